The highest BCUT2D eigenvalue weighted by Crippen LogP contribution is 2.37. The molecule has 1 heterocycles. The molecular weight excluding hydrogens is 365 g/mol. The van der Waals surface area contributed by atoms with Crippen LogP contribution in [-0.2, 0) is 0 Å². The van der Waals surface area contributed by atoms with Gasteiger partial charge in [-0.05, 0) is 42.7 Å². The molecule has 0 fully saturated rings. The van der Waals surface area contributed by atoms with Gasteiger partial charge in [-0.2, -0.15) is 0 Å². The summed E-state index contributed by atoms with van der Waals surface area (Å²) < 4.78 is 14.0. The monoisotopic (exact) mass is 387 g/mol. The predicted octanol–water partition coefficient (Wildman–Crippen LogP) is 4.19. The quantitative estimate of drug-likeness (QED) is 0.830. The largest absolute Gasteiger partial charge is 0.345 e. The van der Waals surface area contributed by atoms with E-state index in [0.717, 1.165) is 23.3 Å². The van der Waals surface area contributed by atoms with Gasteiger partial charge in [0.15, 0.2) is 0 Å². The Kier molecular flexibility index (Phi) is 5.70. The van der Waals surface area contributed by atoms with Crippen LogP contribution in [0.3, 0.4) is 0 Å². The second kappa shape index (κ2) is 8.00. The van der Waals surface area contributed by atoms with Crippen LogP contribution in [0.25, 0.3) is 0 Å². The van der Waals surface area contributed by atoms with Gasteiger partial charge in [-0.15, -0.1) is 11.8 Å². The molecule has 1 aliphatic heterocycles. The summed E-state index contributed by atoms with van der Waals surface area (Å²) in [5.41, 5.74) is 2.73. The number of aryl methyl sites for hydroxylation is 1. The first kappa shape index (κ1) is 19.2. The molecule has 2 aromatic rings. The number of nitrogens with one attached hydrogen (secondary N) is 2. The number of fused-ring (bicyclic) bond motifs is 1. The molecule has 27 heavy (non-hydrogen) atoms. The van der Waals surface area contributed by atoms with Gasteiger partial charge in [0.25, 0.3) is 5.91 Å². The second-order valence-corrected chi connectivity index (χ2v) is 7.78. The van der Waals surface area contributed by atoms with Crippen molar-refractivity contribution in [2.75, 3.05) is 25.2 Å². The van der Waals surface area contributed by atoms with E-state index in [2.05, 4.69) is 10.6 Å². The van der Waals surface area contributed by atoms with Gasteiger partial charge in [0.1, 0.15) is 5.82 Å². The second-order valence-electron chi connectivity index (χ2n) is 6.68. The highest BCUT2D eigenvalue weighted by atomic mass is 32.2. The number of urea groups is 1. The maximum absolute atomic E-state index is 14.0. The summed E-state index contributed by atoms with van der Waals surface area (Å²) in [7, 11) is 3.36. The fourth-order valence-electron chi connectivity index (χ4n) is 3.00. The average Bonchev–Trinajstić information content (AvgIpc) is 2.63. The van der Waals surface area contributed by atoms with E-state index in [9.17, 15) is 14.0 Å². The van der Waals surface area contributed by atoms with E-state index in [1.807, 2.05) is 13.0 Å². The molecule has 0 saturated carbocycles. The van der Waals surface area contributed by atoms with Crippen molar-refractivity contribution >= 4 is 29.4 Å². The molecule has 0 saturated heterocycles. The first-order chi connectivity index (χ1) is 12.9. The van der Waals surface area contributed by atoms with E-state index in [1.54, 1.807) is 38.4 Å². The number of hydrogen-bond donors (Lipinski definition) is 2. The van der Waals surface area contributed by atoms with Crippen molar-refractivity contribution < 1.29 is 14.0 Å². The van der Waals surface area contributed by atoms with Gasteiger partial charge < -0.3 is 15.5 Å². The molecular formula is C20H22FN3O2S. The van der Waals surface area contributed by atoms with Crippen molar-refractivity contribution in [3.63, 3.8) is 0 Å². The zero-order chi connectivity index (χ0) is 19.6. The minimum absolute atomic E-state index is 0.132. The standard InChI is InChI=1S/C20H22FN3O2S/c1-12-7-8-13(19(25)24(2)3)11-17(12)23-20(26)22-16-9-10-27-18-14(16)5-4-6-15(18)21/h4-8,11,16H,9-10H2,1-3H3,(H2,22,23,26)/t16-/m1/s1. The molecule has 7 heteroatoms. The van der Waals surface area contributed by atoms with Crippen LogP contribution >= 0.6 is 11.8 Å². The lowest BCUT2D eigenvalue weighted by atomic mass is 10.0. The van der Waals surface area contributed by atoms with Gasteiger partial charge in [0.2, 0.25) is 0 Å². The van der Waals surface area contributed by atoms with E-state index in [-0.39, 0.29) is 23.8 Å². The molecule has 0 aliphatic carbocycles. The van der Waals surface area contributed by atoms with Crippen molar-refractivity contribution in [2.45, 2.75) is 24.3 Å². The third-order valence-electron chi connectivity index (χ3n) is 4.47. The number of carbonyl (C=O) groups excluding carboxylic acids is 2. The van der Waals surface area contributed by atoms with Gasteiger partial charge >= 0.3 is 6.03 Å². The molecule has 0 unspecified atom stereocenters. The lowest BCUT2D eigenvalue weighted by Crippen LogP contribution is -2.34. The Morgan fingerprint density at radius 1 is 1.22 bits per heavy atom. The van der Waals surface area contributed by atoms with Crippen LogP contribution in [-0.4, -0.2) is 36.7 Å². The molecule has 0 bridgehead atoms. The van der Waals surface area contributed by atoms with E-state index in [4.69, 9.17) is 0 Å². The maximum atomic E-state index is 14.0. The molecule has 3 rings (SSSR count). The Labute approximate surface area is 162 Å². The number of hydrogen-bond acceptors (Lipinski definition) is 3. The molecule has 0 radical (unpaired) electrons. The van der Waals surface area contributed by atoms with Crippen LogP contribution in [0.15, 0.2) is 41.3 Å². The molecule has 1 aliphatic rings. The van der Waals surface area contributed by atoms with E-state index in [1.165, 1.54) is 22.7 Å². The highest BCUT2D eigenvalue weighted by molar-refractivity contribution is 7.99. The van der Waals surface area contributed by atoms with Crippen molar-refractivity contribution in [3.05, 3.63) is 58.9 Å². The van der Waals surface area contributed by atoms with E-state index < -0.39 is 0 Å². The number of carbonyl (C=O) groups is 2. The number of benzene rings is 2. The Hall–Kier alpha value is -2.54. The lowest BCUT2D eigenvalue weighted by Gasteiger charge is -2.26. The third-order valence-corrected chi connectivity index (χ3v) is 5.63. The minimum Gasteiger partial charge on any atom is -0.345 e. The van der Waals surface area contributed by atoms with Crippen LogP contribution < -0.4 is 10.6 Å². The van der Waals surface area contributed by atoms with Gasteiger partial charge in [-0.3, -0.25) is 4.79 Å². The van der Waals surface area contributed by atoms with Crippen LogP contribution in [0.5, 0.6) is 0 Å². The summed E-state index contributed by atoms with van der Waals surface area (Å²) in [5.74, 6) is 0.354. The van der Waals surface area contributed by atoms with Crippen LogP contribution in [0.1, 0.15) is 33.9 Å². The summed E-state index contributed by atoms with van der Waals surface area (Å²) in [6.07, 6.45) is 0.729. The molecule has 0 aromatic heterocycles. The first-order valence-corrected chi connectivity index (χ1v) is 9.66. The smallest absolute Gasteiger partial charge is 0.319 e. The van der Waals surface area contributed by atoms with Crippen LogP contribution in [0.4, 0.5) is 14.9 Å². The van der Waals surface area contributed by atoms with Gasteiger partial charge in [-0.25, -0.2) is 9.18 Å². The van der Waals surface area contributed by atoms with E-state index >= 15 is 0 Å². The zero-order valence-corrected chi connectivity index (χ0v) is 16.3. The Morgan fingerprint density at radius 2 is 2.00 bits per heavy atom. The van der Waals surface area contributed by atoms with Gasteiger partial charge in [-0.1, -0.05) is 18.2 Å². The van der Waals surface area contributed by atoms with Crippen molar-refractivity contribution in [1.29, 1.82) is 0 Å². The van der Waals surface area contributed by atoms with Crippen molar-refractivity contribution in [3.8, 4) is 0 Å². The number of thioether (sulfide) groups is 1. The summed E-state index contributed by atoms with van der Waals surface area (Å²) in [6, 6.07) is 9.52. The molecule has 0 spiro atoms. The Morgan fingerprint density at radius 3 is 2.74 bits per heavy atom. The Bertz CT molecular complexity index is 886. The van der Waals surface area contributed by atoms with Gasteiger partial charge in [0.05, 0.1) is 6.04 Å². The highest BCUT2D eigenvalue weighted by Gasteiger charge is 2.24. The molecule has 2 N–H and O–H groups in total. The van der Waals surface area contributed by atoms with Crippen LogP contribution in [0.2, 0.25) is 0 Å². The molecule has 3 amide bonds. The number of amides is 3. The van der Waals surface area contributed by atoms with Crippen LogP contribution in [0, 0.1) is 12.7 Å². The van der Waals surface area contributed by atoms with Gasteiger partial charge in [0, 0.05) is 36.0 Å². The fourth-order valence-corrected chi connectivity index (χ4v) is 4.14. The SMILES string of the molecule is Cc1ccc(C(=O)N(C)C)cc1NC(=O)N[C@@H]1CCSc2c(F)cccc21. The summed E-state index contributed by atoms with van der Waals surface area (Å²) in [6.45, 7) is 1.86. The fraction of sp³-hybridized carbons (Fsp3) is 0.300. The van der Waals surface area contributed by atoms with E-state index in [0.29, 0.717) is 16.1 Å². The average molecular weight is 387 g/mol. The summed E-state index contributed by atoms with van der Waals surface area (Å²) in [4.78, 5) is 26.8. The third kappa shape index (κ3) is 4.24. The molecule has 2 aromatic carbocycles. The normalized spacial score (nSPS) is 15.6. The predicted molar refractivity (Wildman–Crippen MR) is 106 cm³/mol. The summed E-state index contributed by atoms with van der Waals surface area (Å²) in [5, 5.41) is 5.74. The van der Waals surface area contributed by atoms with Crippen molar-refractivity contribution in [1.82, 2.24) is 10.2 Å². The maximum Gasteiger partial charge on any atom is 0.319 e. The molecule has 142 valence electrons. The topological polar surface area (TPSA) is 61.4 Å². The number of halogens is 1. The Balaban J connectivity index is 1.75. The van der Waals surface area contributed by atoms with Crippen molar-refractivity contribution in [2.24, 2.45) is 0 Å². The number of nitrogens with zero attached hydrogens (tertiary/aromatic N) is 1. The number of rotatable bonds is 3. The number of anilines is 1. The zero-order valence-electron chi connectivity index (χ0n) is 15.5. The molecule has 1 atom stereocenters. The first-order valence-electron chi connectivity index (χ1n) is 8.68. The summed E-state index contributed by atoms with van der Waals surface area (Å²) >= 11 is 1.47. The minimum atomic E-state index is -0.375. The lowest BCUT2D eigenvalue weighted by molar-refractivity contribution is 0.0827. The molecule has 5 nitrogen and oxygen atoms in total.